The Labute approximate surface area is 168 Å². The molecule has 2 heterocycles. The summed E-state index contributed by atoms with van der Waals surface area (Å²) in [6.45, 7) is 8.57. The van der Waals surface area contributed by atoms with Crippen molar-refractivity contribution in [3.63, 3.8) is 0 Å². The van der Waals surface area contributed by atoms with E-state index in [9.17, 15) is 0 Å². The number of benzene rings is 1. The van der Waals surface area contributed by atoms with Gasteiger partial charge in [0.2, 0.25) is 0 Å². The van der Waals surface area contributed by atoms with Crippen LogP contribution in [-0.2, 0) is 13.1 Å². The number of guanidine groups is 1. The number of rotatable bonds is 7. The van der Waals surface area contributed by atoms with Crippen LogP contribution in [-0.4, -0.2) is 78.4 Å². The number of nitrogens with zero attached hydrogens (tertiary/aromatic N) is 5. The van der Waals surface area contributed by atoms with Gasteiger partial charge in [-0.1, -0.05) is 24.3 Å². The number of piperazine rings is 1. The average molecular weight is 384 g/mol. The molecule has 1 aromatic carbocycles. The van der Waals surface area contributed by atoms with E-state index in [4.69, 9.17) is 4.99 Å². The third kappa shape index (κ3) is 5.81. The first-order valence-electron chi connectivity index (χ1n) is 10.1. The summed E-state index contributed by atoms with van der Waals surface area (Å²) in [6.07, 6.45) is 3.80. The van der Waals surface area contributed by atoms with E-state index in [0.29, 0.717) is 12.6 Å². The predicted octanol–water partition coefficient (Wildman–Crippen LogP) is 1.23. The molecule has 0 saturated carbocycles. The van der Waals surface area contributed by atoms with Crippen molar-refractivity contribution in [3.05, 3.63) is 53.9 Å². The molecule has 1 saturated heterocycles. The van der Waals surface area contributed by atoms with Gasteiger partial charge in [0.25, 0.3) is 0 Å². The predicted molar refractivity (Wildman–Crippen MR) is 115 cm³/mol. The van der Waals surface area contributed by atoms with E-state index in [-0.39, 0.29) is 0 Å². The van der Waals surface area contributed by atoms with Crippen LogP contribution in [0.3, 0.4) is 0 Å². The molecule has 0 radical (unpaired) electrons. The summed E-state index contributed by atoms with van der Waals surface area (Å²) in [4.78, 5) is 9.65. The van der Waals surface area contributed by atoms with Crippen LogP contribution in [0.1, 0.15) is 18.1 Å². The van der Waals surface area contributed by atoms with E-state index in [1.165, 1.54) is 11.1 Å². The number of aromatic nitrogens is 2. The summed E-state index contributed by atoms with van der Waals surface area (Å²) in [5, 5.41) is 11.2. The topological polar surface area (TPSA) is 60.7 Å². The zero-order valence-corrected chi connectivity index (χ0v) is 17.3. The molecule has 0 aliphatic carbocycles. The Morgan fingerprint density at radius 1 is 1.14 bits per heavy atom. The van der Waals surface area contributed by atoms with Crippen molar-refractivity contribution in [2.45, 2.75) is 26.1 Å². The van der Waals surface area contributed by atoms with Gasteiger partial charge in [0.05, 0.1) is 13.1 Å². The molecule has 0 amide bonds. The first kappa shape index (κ1) is 20.4. The van der Waals surface area contributed by atoms with Gasteiger partial charge in [-0.25, -0.2) is 4.99 Å². The van der Waals surface area contributed by atoms with Crippen LogP contribution in [0.5, 0.6) is 0 Å². The quantitative estimate of drug-likeness (QED) is 0.556. The number of hydrogen-bond acceptors (Lipinski definition) is 4. The molecule has 1 aromatic heterocycles. The number of likely N-dealkylation sites (N-methyl/N-ethyl adjacent to an activating group) is 2. The largest absolute Gasteiger partial charge is 0.357 e. The van der Waals surface area contributed by atoms with Crippen molar-refractivity contribution in [2.24, 2.45) is 4.99 Å². The van der Waals surface area contributed by atoms with Crippen LogP contribution in [0.4, 0.5) is 0 Å². The molecule has 1 atom stereocenters. The van der Waals surface area contributed by atoms with Crippen LogP contribution in [0.25, 0.3) is 0 Å². The third-order valence-electron chi connectivity index (χ3n) is 5.25. The summed E-state index contributed by atoms with van der Waals surface area (Å²) in [5.41, 5.74) is 2.48. The van der Waals surface area contributed by atoms with E-state index in [2.05, 4.69) is 70.8 Å². The fraction of sp³-hybridized carbons (Fsp3) is 0.524. The van der Waals surface area contributed by atoms with E-state index >= 15 is 0 Å². The monoisotopic (exact) mass is 383 g/mol. The number of nitrogens with one attached hydrogen (secondary N) is 2. The van der Waals surface area contributed by atoms with Crippen molar-refractivity contribution in [3.8, 4) is 0 Å². The molecular formula is C21H33N7. The second kappa shape index (κ2) is 10.2. The minimum atomic E-state index is 0.495. The maximum absolute atomic E-state index is 4.83. The van der Waals surface area contributed by atoms with Gasteiger partial charge in [0.15, 0.2) is 5.96 Å². The van der Waals surface area contributed by atoms with Gasteiger partial charge in [-0.3, -0.25) is 9.58 Å². The first-order chi connectivity index (χ1) is 13.7. The minimum absolute atomic E-state index is 0.495. The zero-order chi connectivity index (χ0) is 19.8. The second-order valence-corrected chi connectivity index (χ2v) is 7.45. The second-order valence-electron chi connectivity index (χ2n) is 7.45. The molecule has 7 heteroatoms. The van der Waals surface area contributed by atoms with E-state index in [0.717, 1.165) is 45.2 Å². The van der Waals surface area contributed by atoms with Gasteiger partial charge in [0, 0.05) is 51.2 Å². The molecular weight excluding hydrogens is 350 g/mol. The Morgan fingerprint density at radius 3 is 2.71 bits per heavy atom. The highest BCUT2D eigenvalue weighted by molar-refractivity contribution is 5.79. The van der Waals surface area contributed by atoms with Crippen LogP contribution in [0.15, 0.2) is 47.7 Å². The summed E-state index contributed by atoms with van der Waals surface area (Å²) >= 11 is 0. The van der Waals surface area contributed by atoms with Crippen molar-refractivity contribution in [1.82, 2.24) is 30.2 Å². The van der Waals surface area contributed by atoms with Crippen LogP contribution < -0.4 is 10.6 Å². The molecule has 1 unspecified atom stereocenters. The molecule has 28 heavy (non-hydrogen) atoms. The molecule has 2 N–H and O–H groups in total. The molecule has 2 aromatic rings. The highest BCUT2D eigenvalue weighted by atomic mass is 15.3. The normalized spacial score (nSPS) is 19.0. The fourth-order valence-electron chi connectivity index (χ4n) is 3.48. The number of hydrogen-bond donors (Lipinski definition) is 2. The lowest BCUT2D eigenvalue weighted by atomic mass is 10.1. The highest BCUT2D eigenvalue weighted by Gasteiger charge is 2.22. The lowest BCUT2D eigenvalue weighted by molar-refractivity contribution is 0.116. The van der Waals surface area contributed by atoms with Gasteiger partial charge < -0.3 is 15.5 Å². The summed E-state index contributed by atoms with van der Waals surface area (Å²) in [5.74, 6) is 0.873. The maximum atomic E-state index is 4.83. The highest BCUT2D eigenvalue weighted by Crippen LogP contribution is 2.12. The van der Waals surface area contributed by atoms with Gasteiger partial charge >= 0.3 is 0 Å². The van der Waals surface area contributed by atoms with E-state index in [1.807, 2.05) is 23.1 Å². The van der Waals surface area contributed by atoms with Crippen molar-refractivity contribution in [1.29, 1.82) is 0 Å². The van der Waals surface area contributed by atoms with E-state index in [1.54, 1.807) is 0 Å². The summed E-state index contributed by atoms with van der Waals surface area (Å²) < 4.78 is 1.95. The molecule has 3 rings (SSSR count). The van der Waals surface area contributed by atoms with Crippen molar-refractivity contribution < 1.29 is 0 Å². The van der Waals surface area contributed by atoms with Crippen LogP contribution in [0.2, 0.25) is 0 Å². The lowest BCUT2D eigenvalue weighted by Crippen LogP contribution is -2.55. The van der Waals surface area contributed by atoms with Gasteiger partial charge in [-0.05, 0) is 38.2 Å². The van der Waals surface area contributed by atoms with Gasteiger partial charge in [0.1, 0.15) is 0 Å². The van der Waals surface area contributed by atoms with E-state index < -0.39 is 0 Å². The Kier molecular flexibility index (Phi) is 7.45. The van der Waals surface area contributed by atoms with Crippen molar-refractivity contribution in [2.75, 3.05) is 46.8 Å². The summed E-state index contributed by atoms with van der Waals surface area (Å²) in [6, 6.07) is 10.9. The Hall–Kier alpha value is -2.38. The molecule has 1 aliphatic rings. The van der Waals surface area contributed by atoms with Crippen LogP contribution >= 0.6 is 0 Å². The first-order valence-corrected chi connectivity index (χ1v) is 10.1. The Balaban J connectivity index is 1.62. The molecule has 1 fully saturated rings. The lowest BCUT2D eigenvalue weighted by Gasteiger charge is -2.37. The van der Waals surface area contributed by atoms with Gasteiger partial charge in [-0.15, -0.1) is 0 Å². The standard InChI is InChI=1S/C21H33N7/c1-4-22-21(24-15-20-17-26(2)12-13-27(20)3)23-14-18-8-5-6-9-19(18)16-28-11-7-10-25-28/h5-11,20H,4,12-17H2,1-3H3,(H2,22,23,24). The molecule has 7 nitrogen and oxygen atoms in total. The average Bonchev–Trinajstić information content (AvgIpc) is 3.20. The summed E-state index contributed by atoms with van der Waals surface area (Å²) in [7, 11) is 4.39. The molecule has 152 valence electrons. The Morgan fingerprint density at radius 2 is 1.96 bits per heavy atom. The zero-order valence-electron chi connectivity index (χ0n) is 17.3. The van der Waals surface area contributed by atoms with Crippen LogP contribution in [0, 0.1) is 0 Å². The van der Waals surface area contributed by atoms with Gasteiger partial charge in [-0.2, -0.15) is 5.10 Å². The fourth-order valence-corrected chi connectivity index (χ4v) is 3.48. The minimum Gasteiger partial charge on any atom is -0.357 e. The molecule has 0 bridgehead atoms. The molecule has 0 spiro atoms. The number of aliphatic imine (C=N–C) groups is 1. The maximum Gasteiger partial charge on any atom is 0.191 e. The molecule has 1 aliphatic heterocycles. The Bertz CT molecular complexity index is 741. The smallest absolute Gasteiger partial charge is 0.191 e. The van der Waals surface area contributed by atoms with Crippen molar-refractivity contribution >= 4 is 5.96 Å². The third-order valence-corrected chi connectivity index (χ3v) is 5.25. The SMILES string of the molecule is CCNC(=NCc1ccccc1Cn1cccn1)NCC1CN(C)CCN1C.